The minimum absolute atomic E-state index is 0.463. The van der Waals surface area contributed by atoms with Crippen molar-refractivity contribution in [1.29, 1.82) is 0 Å². The van der Waals surface area contributed by atoms with Crippen LogP contribution in [0.5, 0.6) is 0 Å². The Morgan fingerprint density at radius 1 is 1.54 bits per heavy atom. The van der Waals surface area contributed by atoms with Crippen molar-refractivity contribution in [3.05, 3.63) is 0 Å². The van der Waals surface area contributed by atoms with Crippen LogP contribution < -0.4 is 5.32 Å². The van der Waals surface area contributed by atoms with E-state index in [2.05, 4.69) is 10.1 Å². The maximum Gasteiger partial charge on any atom is 0.407 e. The molecule has 0 aromatic rings. The molecule has 0 unspecified atom stereocenters. The van der Waals surface area contributed by atoms with E-state index in [0.717, 1.165) is 12.8 Å². The number of nitrogens with one attached hydrogen (secondary N) is 1. The lowest BCUT2D eigenvalue weighted by molar-refractivity contribution is -0.0384. The minimum atomic E-state index is -2.96. The third kappa shape index (κ3) is 9.04. The van der Waals surface area contributed by atoms with E-state index in [1.807, 2.05) is 6.92 Å². The van der Waals surface area contributed by atoms with E-state index in [9.17, 15) is 13.6 Å². The van der Waals surface area contributed by atoms with Crippen LogP contribution in [0.3, 0.4) is 0 Å². The zero-order valence-electron chi connectivity index (χ0n) is 7.90. The Morgan fingerprint density at radius 3 is 2.62 bits per heavy atom. The number of rotatable bonds is 5. The van der Waals surface area contributed by atoms with Crippen LogP contribution in [0.15, 0.2) is 0 Å². The number of carbonyl (C=O) groups excluding carboxylic acids is 1. The molecule has 0 saturated heterocycles. The molecule has 0 aromatic heterocycles. The molecule has 0 rings (SSSR count). The normalized spacial score (nSPS) is 11.1. The summed E-state index contributed by atoms with van der Waals surface area (Å²) in [6.07, 6.45) is 0.969. The Hall–Kier alpha value is -0.870. The van der Waals surface area contributed by atoms with Crippen molar-refractivity contribution in [2.24, 2.45) is 0 Å². The number of unbranched alkanes of at least 4 members (excludes halogenated alkanes) is 1. The van der Waals surface area contributed by atoms with Crippen molar-refractivity contribution in [3.63, 3.8) is 0 Å². The van der Waals surface area contributed by atoms with Crippen LogP contribution in [0.1, 0.15) is 26.7 Å². The predicted molar refractivity (Wildman–Crippen MR) is 44.9 cm³/mol. The van der Waals surface area contributed by atoms with Gasteiger partial charge in [0.05, 0.1) is 0 Å². The molecule has 1 amide bonds. The van der Waals surface area contributed by atoms with E-state index in [1.54, 1.807) is 0 Å². The smallest absolute Gasteiger partial charge is 0.407 e. The molecule has 0 radical (unpaired) electrons. The maximum absolute atomic E-state index is 12.2. The summed E-state index contributed by atoms with van der Waals surface area (Å²) in [6.45, 7) is 2.26. The second kappa shape index (κ2) is 5.72. The van der Waals surface area contributed by atoms with Gasteiger partial charge in [-0.3, -0.25) is 0 Å². The average molecular weight is 195 g/mol. The summed E-state index contributed by atoms with van der Waals surface area (Å²) in [5.41, 5.74) is 0. The number of carbonyl (C=O) groups is 1. The van der Waals surface area contributed by atoms with Gasteiger partial charge in [0.2, 0.25) is 0 Å². The molecule has 0 heterocycles. The van der Waals surface area contributed by atoms with Gasteiger partial charge in [-0.15, -0.1) is 0 Å². The highest BCUT2D eigenvalue weighted by Crippen LogP contribution is 2.10. The molecule has 0 bridgehead atoms. The molecule has 0 aliphatic heterocycles. The first-order valence-electron chi connectivity index (χ1n) is 4.24. The lowest BCUT2D eigenvalue weighted by Crippen LogP contribution is -2.30. The summed E-state index contributed by atoms with van der Waals surface area (Å²) in [5, 5.41) is 2.36. The van der Waals surface area contributed by atoms with Gasteiger partial charge < -0.3 is 10.1 Å². The number of ether oxygens (including phenoxy) is 1. The number of halogens is 2. The topological polar surface area (TPSA) is 38.3 Å². The zero-order chi connectivity index (χ0) is 10.3. The lowest BCUT2D eigenvalue weighted by atomic mass is 10.3. The van der Waals surface area contributed by atoms with Crippen molar-refractivity contribution in [1.82, 2.24) is 5.32 Å². The summed E-state index contributed by atoms with van der Waals surface area (Å²) < 4.78 is 28.6. The number of alkyl carbamates (subject to hydrolysis) is 1. The monoisotopic (exact) mass is 195 g/mol. The quantitative estimate of drug-likeness (QED) is 0.683. The van der Waals surface area contributed by atoms with Crippen molar-refractivity contribution in [3.8, 4) is 0 Å². The molecule has 78 valence electrons. The standard InChI is InChI=1S/C8H15F2NO2/c1-3-4-5-11-7(12)13-6-8(2,9)10/h3-6H2,1-2H3,(H,11,12). The van der Waals surface area contributed by atoms with E-state index < -0.39 is 18.6 Å². The largest absolute Gasteiger partial charge is 0.443 e. The van der Waals surface area contributed by atoms with Crippen molar-refractivity contribution < 1.29 is 18.3 Å². The van der Waals surface area contributed by atoms with Crippen LogP contribution >= 0.6 is 0 Å². The van der Waals surface area contributed by atoms with Gasteiger partial charge in [-0.1, -0.05) is 13.3 Å². The third-order valence-corrected chi connectivity index (χ3v) is 1.26. The van der Waals surface area contributed by atoms with Crippen LogP contribution in [0.25, 0.3) is 0 Å². The Labute approximate surface area is 76.4 Å². The molecule has 5 heteroatoms. The van der Waals surface area contributed by atoms with Gasteiger partial charge in [0.1, 0.15) is 0 Å². The summed E-state index contributed by atoms with van der Waals surface area (Å²) in [7, 11) is 0. The first-order valence-corrected chi connectivity index (χ1v) is 4.24. The zero-order valence-corrected chi connectivity index (χ0v) is 7.90. The molecule has 0 aromatic carbocycles. The van der Waals surface area contributed by atoms with Gasteiger partial charge >= 0.3 is 6.09 Å². The molecule has 0 saturated carbocycles. The molecule has 0 aliphatic carbocycles. The summed E-state index contributed by atoms with van der Waals surface area (Å²) in [6, 6.07) is 0. The van der Waals surface area contributed by atoms with Crippen molar-refractivity contribution in [2.75, 3.05) is 13.2 Å². The SMILES string of the molecule is CCCCNC(=O)OCC(C)(F)F. The maximum atomic E-state index is 12.2. The number of hydrogen-bond acceptors (Lipinski definition) is 2. The second-order valence-electron chi connectivity index (χ2n) is 2.93. The molecule has 13 heavy (non-hydrogen) atoms. The molecular weight excluding hydrogens is 180 g/mol. The van der Waals surface area contributed by atoms with E-state index in [-0.39, 0.29) is 0 Å². The fourth-order valence-corrected chi connectivity index (χ4v) is 0.611. The summed E-state index contributed by atoms with van der Waals surface area (Å²) in [5.74, 6) is -2.96. The van der Waals surface area contributed by atoms with Gasteiger partial charge in [-0.05, 0) is 6.42 Å². The predicted octanol–water partition coefficient (Wildman–Crippen LogP) is 2.17. The first kappa shape index (κ1) is 12.1. The first-order chi connectivity index (χ1) is 5.95. The van der Waals surface area contributed by atoms with Gasteiger partial charge in [-0.25, -0.2) is 13.6 Å². The lowest BCUT2D eigenvalue weighted by Gasteiger charge is -2.11. The highest BCUT2D eigenvalue weighted by Gasteiger charge is 2.23. The number of amides is 1. The Bertz CT molecular complexity index is 157. The van der Waals surface area contributed by atoms with Gasteiger partial charge in [0.15, 0.2) is 6.61 Å². The molecule has 0 spiro atoms. The van der Waals surface area contributed by atoms with E-state index in [1.165, 1.54) is 0 Å². The molecule has 3 nitrogen and oxygen atoms in total. The second-order valence-corrected chi connectivity index (χ2v) is 2.93. The van der Waals surface area contributed by atoms with E-state index in [4.69, 9.17) is 0 Å². The number of alkyl halides is 2. The van der Waals surface area contributed by atoms with Crippen molar-refractivity contribution in [2.45, 2.75) is 32.6 Å². The minimum Gasteiger partial charge on any atom is -0.443 e. The molecule has 0 fully saturated rings. The molecule has 0 atom stereocenters. The van der Waals surface area contributed by atoms with Gasteiger partial charge in [0, 0.05) is 13.5 Å². The van der Waals surface area contributed by atoms with E-state index in [0.29, 0.717) is 13.5 Å². The number of hydrogen-bond donors (Lipinski definition) is 1. The fourth-order valence-electron chi connectivity index (χ4n) is 0.611. The van der Waals surface area contributed by atoms with Gasteiger partial charge in [0.25, 0.3) is 5.92 Å². The van der Waals surface area contributed by atoms with Gasteiger partial charge in [-0.2, -0.15) is 0 Å². The Kier molecular flexibility index (Phi) is 5.34. The Balaban J connectivity index is 3.41. The average Bonchev–Trinajstić information content (AvgIpc) is 2.00. The van der Waals surface area contributed by atoms with Crippen LogP contribution in [0, 0.1) is 0 Å². The third-order valence-electron chi connectivity index (χ3n) is 1.26. The fraction of sp³-hybridized carbons (Fsp3) is 0.875. The highest BCUT2D eigenvalue weighted by atomic mass is 19.3. The summed E-state index contributed by atoms with van der Waals surface area (Å²) >= 11 is 0. The molecule has 0 aliphatic rings. The highest BCUT2D eigenvalue weighted by molar-refractivity contribution is 5.67. The Morgan fingerprint density at radius 2 is 2.15 bits per heavy atom. The molecular formula is C8H15F2NO2. The molecule has 1 N–H and O–H groups in total. The van der Waals surface area contributed by atoms with Crippen LogP contribution in [0.4, 0.5) is 13.6 Å². The van der Waals surface area contributed by atoms with Crippen molar-refractivity contribution >= 4 is 6.09 Å². The van der Waals surface area contributed by atoms with Crippen LogP contribution in [-0.2, 0) is 4.74 Å². The van der Waals surface area contributed by atoms with E-state index >= 15 is 0 Å². The van der Waals surface area contributed by atoms with Crippen LogP contribution in [-0.4, -0.2) is 25.2 Å². The summed E-state index contributed by atoms with van der Waals surface area (Å²) in [4.78, 5) is 10.7. The van der Waals surface area contributed by atoms with Crippen LogP contribution in [0.2, 0.25) is 0 Å².